The maximum absolute atomic E-state index is 13.6. The van der Waals surface area contributed by atoms with Crippen LogP contribution in [-0.4, -0.2) is 42.4 Å². The first-order valence-electron chi connectivity index (χ1n) is 11.7. The van der Waals surface area contributed by atoms with Crippen LogP contribution in [0.2, 0.25) is 0 Å². The van der Waals surface area contributed by atoms with Gasteiger partial charge >= 0.3 is 0 Å². The first-order valence-corrected chi connectivity index (χ1v) is 13.3. The molecule has 0 radical (unpaired) electrons. The van der Waals surface area contributed by atoms with Crippen LogP contribution in [0.4, 0.5) is 4.39 Å². The molecule has 1 amide bonds. The van der Waals surface area contributed by atoms with E-state index in [0.29, 0.717) is 48.1 Å². The summed E-state index contributed by atoms with van der Waals surface area (Å²) in [6, 6.07) is 21.1. The van der Waals surface area contributed by atoms with E-state index in [9.17, 15) is 22.7 Å². The molecule has 0 aliphatic carbocycles. The van der Waals surface area contributed by atoms with Crippen LogP contribution in [0, 0.1) is 5.82 Å². The predicted molar refractivity (Wildman–Crippen MR) is 135 cm³/mol. The Morgan fingerprint density at radius 1 is 0.972 bits per heavy atom. The number of para-hydroxylation sites is 1. The van der Waals surface area contributed by atoms with Crippen molar-refractivity contribution < 1.29 is 22.7 Å². The number of rotatable bonds is 5. The molecule has 184 valence electrons. The van der Waals surface area contributed by atoms with Crippen molar-refractivity contribution in [3.8, 4) is 0 Å². The van der Waals surface area contributed by atoms with Crippen molar-refractivity contribution >= 4 is 26.6 Å². The number of carbonyl (C=O) groups excluding carboxylic acids is 1. The van der Waals surface area contributed by atoms with E-state index in [-0.39, 0.29) is 16.6 Å². The fourth-order valence-electron chi connectivity index (χ4n) is 4.70. The summed E-state index contributed by atoms with van der Waals surface area (Å²) in [6.45, 7) is 0.659. The molecule has 1 fully saturated rings. The van der Waals surface area contributed by atoms with Crippen LogP contribution in [-0.2, 0) is 21.2 Å². The lowest BCUT2D eigenvalue weighted by Crippen LogP contribution is -2.45. The second-order valence-corrected chi connectivity index (χ2v) is 11.1. The normalized spacial score (nSPS) is 15.7. The van der Waals surface area contributed by atoms with E-state index in [1.165, 1.54) is 12.1 Å². The summed E-state index contributed by atoms with van der Waals surface area (Å²) >= 11 is 0. The van der Waals surface area contributed by atoms with Gasteiger partial charge in [-0.2, -0.15) is 0 Å². The van der Waals surface area contributed by atoms with Gasteiger partial charge in [-0.25, -0.2) is 12.8 Å². The molecule has 2 heterocycles. The minimum atomic E-state index is -3.65. The van der Waals surface area contributed by atoms with E-state index in [1.54, 1.807) is 65.7 Å². The monoisotopic (exact) mass is 504 g/mol. The Balaban J connectivity index is 1.27. The second-order valence-electron chi connectivity index (χ2n) is 9.12. The fourth-order valence-corrected chi connectivity index (χ4v) is 6.23. The molecule has 1 aliphatic rings. The van der Waals surface area contributed by atoms with Crippen molar-refractivity contribution in [1.82, 2.24) is 9.88 Å². The van der Waals surface area contributed by atoms with Gasteiger partial charge in [0.25, 0.3) is 5.91 Å². The minimum absolute atomic E-state index is 0.180. The van der Waals surface area contributed by atoms with Gasteiger partial charge in [-0.15, -0.1) is 0 Å². The summed E-state index contributed by atoms with van der Waals surface area (Å²) in [5.74, 6) is -0.802. The lowest BCUT2D eigenvalue weighted by atomic mass is 9.84. The standard InChI is InChI=1S/C28H25FN2O4S/c29-24-7-2-6-23(18-24)28(33)13-16-31(17-14-28)27(32)22-11-9-20(10-12-22)19-36(34,35)25-8-1-4-21-5-3-15-30-26(21)25/h1-12,15,18,33H,13-14,16-17,19H2. The summed E-state index contributed by atoms with van der Waals surface area (Å²) in [5, 5.41) is 11.7. The van der Waals surface area contributed by atoms with Gasteiger partial charge < -0.3 is 10.0 Å². The molecule has 0 spiro atoms. The number of likely N-dealkylation sites (tertiary alicyclic amines) is 1. The Morgan fingerprint density at radius 2 is 1.67 bits per heavy atom. The molecule has 1 aromatic heterocycles. The van der Waals surface area contributed by atoms with Crippen molar-refractivity contribution in [3.63, 3.8) is 0 Å². The average Bonchev–Trinajstić information content (AvgIpc) is 2.88. The average molecular weight is 505 g/mol. The molecule has 6 nitrogen and oxygen atoms in total. The number of aromatic nitrogens is 1. The molecular weight excluding hydrogens is 479 g/mol. The number of nitrogens with zero attached hydrogens (tertiary/aromatic N) is 2. The summed E-state index contributed by atoms with van der Waals surface area (Å²) < 4.78 is 39.8. The van der Waals surface area contributed by atoms with E-state index < -0.39 is 21.3 Å². The molecule has 0 atom stereocenters. The van der Waals surface area contributed by atoms with Crippen molar-refractivity contribution in [3.05, 3.63) is 108 Å². The smallest absolute Gasteiger partial charge is 0.253 e. The molecule has 1 N–H and O–H groups in total. The second kappa shape index (κ2) is 9.44. The molecule has 5 rings (SSSR count). The molecule has 3 aromatic carbocycles. The summed E-state index contributed by atoms with van der Waals surface area (Å²) in [6.07, 6.45) is 2.18. The number of halogens is 1. The largest absolute Gasteiger partial charge is 0.385 e. The number of aliphatic hydroxyl groups is 1. The third-order valence-corrected chi connectivity index (χ3v) is 8.44. The number of benzene rings is 3. The zero-order valence-corrected chi connectivity index (χ0v) is 20.3. The maximum atomic E-state index is 13.6. The molecule has 4 aromatic rings. The SMILES string of the molecule is O=C(c1ccc(CS(=O)(=O)c2cccc3cccnc23)cc1)N1CCC(O)(c2cccc(F)c2)CC1. The third-order valence-electron chi connectivity index (χ3n) is 6.73. The first-order chi connectivity index (χ1) is 17.2. The van der Waals surface area contributed by atoms with Crippen LogP contribution >= 0.6 is 0 Å². The fraction of sp³-hybridized carbons (Fsp3) is 0.214. The maximum Gasteiger partial charge on any atom is 0.253 e. The van der Waals surface area contributed by atoms with E-state index in [2.05, 4.69) is 4.98 Å². The number of fused-ring (bicyclic) bond motifs is 1. The number of carbonyl (C=O) groups is 1. The highest BCUT2D eigenvalue weighted by Crippen LogP contribution is 2.33. The van der Waals surface area contributed by atoms with Gasteiger partial charge in [-0.05, 0) is 60.4 Å². The molecule has 0 unspecified atom stereocenters. The Hall–Kier alpha value is -3.62. The lowest BCUT2D eigenvalue weighted by molar-refractivity contribution is -0.0213. The number of amides is 1. The van der Waals surface area contributed by atoms with Gasteiger partial charge in [-0.1, -0.05) is 42.5 Å². The molecule has 0 bridgehead atoms. The zero-order chi connectivity index (χ0) is 25.3. The van der Waals surface area contributed by atoms with Gasteiger partial charge in [-0.3, -0.25) is 9.78 Å². The van der Waals surface area contributed by atoms with Crippen LogP contribution in [0.25, 0.3) is 10.9 Å². The van der Waals surface area contributed by atoms with Gasteiger partial charge in [0.15, 0.2) is 9.84 Å². The van der Waals surface area contributed by atoms with Crippen molar-refractivity contribution in [2.24, 2.45) is 0 Å². The molecular formula is C28H25FN2O4S. The molecule has 8 heteroatoms. The van der Waals surface area contributed by atoms with E-state index >= 15 is 0 Å². The van der Waals surface area contributed by atoms with E-state index in [0.717, 1.165) is 5.39 Å². The Morgan fingerprint density at radius 3 is 2.39 bits per heavy atom. The quantitative estimate of drug-likeness (QED) is 0.433. The zero-order valence-electron chi connectivity index (χ0n) is 19.5. The number of piperidine rings is 1. The summed E-state index contributed by atoms with van der Waals surface area (Å²) in [4.78, 5) is 19.1. The van der Waals surface area contributed by atoms with Gasteiger partial charge in [0.2, 0.25) is 0 Å². The van der Waals surface area contributed by atoms with Crippen LogP contribution in [0.3, 0.4) is 0 Å². The molecule has 36 heavy (non-hydrogen) atoms. The van der Waals surface area contributed by atoms with Crippen LogP contribution in [0.15, 0.2) is 90.0 Å². The topological polar surface area (TPSA) is 87.6 Å². The molecule has 0 saturated carbocycles. The Kier molecular flexibility index (Phi) is 6.32. The Bertz CT molecular complexity index is 1520. The lowest BCUT2D eigenvalue weighted by Gasteiger charge is -2.38. The van der Waals surface area contributed by atoms with E-state index in [4.69, 9.17) is 0 Å². The van der Waals surface area contributed by atoms with Gasteiger partial charge in [0.05, 0.1) is 21.8 Å². The van der Waals surface area contributed by atoms with Crippen molar-refractivity contribution in [2.75, 3.05) is 13.1 Å². The third kappa shape index (κ3) is 4.74. The highest BCUT2D eigenvalue weighted by molar-refractivity contribution is 7.90. The number of hydrogen-bond donors (Lipinski definition) is 1. The number of pyridine rings is 1. The van der Waals surface area contributed by atoms with Crippen LogP contribution in [0.5, 0.6) is 0 Å². The van der Waals surface area contributed by atoms with Crippen LogP contribution < -0.4 is 0 Å². The van der Waals surface area contributed by atoms with Gasteiger partial charge in [0, 0.05) is 30.2 Å². The predicted octanol–water partition coefficient (Wildman–Crippen LogP) is 4.47. The highest BCUT2D eigenvalue weighted by Gasteiger charge is 2.35. The highest BCUT2D eigenvalue weighted by atomic mass is 32.2. The minimum Gasteiger partial charge on any atom is -0.385 e. The Labute approximate surface area is 209 Å². The van der Waals surface area contributed by atoms with Crippen LogP contribution in [0.1, 0.15) is 34.3 Å². The van der Waals surface area contributed by atoms with E-state index in [1.807, 2.05) is 12.1 Å². The number of hydrogen-bond acceptors (Lipinski definition) is 5. The summed E-state index contributed by atoms with van der Waals surface area (Å²) in [5.41, 5.74) is 0.794. The first kappa shape index (κ1) is 24.1. The molecule has 1 saturated heterocycles. The van der Waals surface area contributed by atoms with Crippen molar-refractivity contribution in [2.45, 2.75) is 29.1 Å². The number of sulfone groups is 1. The molecule has 1 aliphatic heterocycles. The van der Waals surface area contributed by atoms with Gasteiger partial charge in [0.1, 0.15) is 5.82 Å². The van der Waals surface area contributed by atoms with Crippen molar-refractivity contribution in [1.29, 1.82) is 0 Å². The summed E-state index contributed by atoms with van der Waals surface area (Å²) in [7, 11) is -3.65.